The fraction of sp³-hybridized carbons (Fsp3) is 0.679. The number of hydrogen-bond donors (Lipinski definition) is 1. The fourth-order valence-corrected chi connectivity index (χ4v) is 6.05. The first-order valence-electron chi connectivity index (χ1n) is 12.9. The molecule has 1 aromatic heterocycles. The predicted molar refractivity (Wildman–Crippen MR) is 134 cm³/mol. The lowest BCUT2D eigenvalue weighted by molar-refractivity contribution is -0.141. The van der Waals surface area contributed by atoms with E-state index in [-0.39, 0.29) is 12.0 Å². The number of fused-ring (bicyclic) bond motifs is 3. The quantitative estimate of drug-likeness (QED) is 0.574. The SMILES string of the molecule is CC(C)CCN(C)C[C@H]1CC[C@H](C(=O)N2CCc3c([nH]c4ccccc34)C2C(C)C)CC1. The summed E-state index contributed by atoms with van der Waals surface area (Å²) in [5.74, 6) is 2.52. The van der Waals surface area contributed by atoms with E-state index in [1.54, 1.807) is 0 Å². The molecule has 1 unspecified atom stereocenters. The van der Waals surface area contributed by atoms with Crippen LogP contribution in [0.1, 0.15) is 77.1 Å². The highest BCUT2D eigenvalue weighted by Crippen LogP contribution is 2.40. The molecule has 1 atom stereocenters. The second kappa shape index (κ2) is 9.99. The van der Waals surface area contributed by atoms with E-state index >= 15 is 0 Å². The van der Waals surface area contributed by atoms with Gasteiger partial charge in [-0.05, 0) is 81.5 Å². The highest BCUT2D eigenvalue weighted by molar-refractivity contribution is 5.86. The van der Waals surface area contributed by atoms with Crippen LogP contribution in [0.3, 0.4) is 0 Å². The van der Waals surface area contributed by atoms with E-state index in [9.17, 15) is 4.79 Å². The Bertz CT molecular complexity index is 907. The van der Waals surface area contributed by atoms with Crippen LogP contribution in [0.25, 0.3) is 10.9 Å². The smallest absolute Gasteiger partial charge is 0.226 e. The van der Waals surface area contributed by atoms with Crippen LogP contribution >= 0.6 is 0 Å². The molecular formula is C28H43N3O. The molecule has 1 amide bonds. The second-order valence-corrected chi connectivity index (χ2v) is 11.2. The standard InChI is InChI=1S/C28H43N3O/c1-19(2)14-16-30(5)18-21-10-12-22(13-11-21)28(32)31-17-15-24-23-8-6-7-9-25(23)29-26(24)27(31)20(3)4/h6-9,19-22,27,29H,10-18H2,1-5H3/t21-,22-,27?. The zero-order valence-electron chi connectivity index (χ0n) is 20.9. The third-order valence-corrected chi connectivity index (χ3v) is 7.85. The first-order chi connectivity index (χ1) is 15.3. The second-order valence-electron chi connectivity index (χ2n) is 11.2. The van der Waals surface area contributed by atoms with Crippen molar-refractivity contribution in [2.24, 2.45) is 23.7 Å². The van der Waals surface area contributed by atoms with Gasteiger partial charge >= 0.3 is 0 Å². The molecule has 1 aliphatic carbocycles. The summed E-state index contributed by atoms with van der Waals surface area (Å²) < 4.78 is 0. The molecule has 4 rings (SSSR count). The van der Waals surface area contributed by atoms with Crippen LogP contribution < -0.4 is 0 Å². The molecule has 0 radical (unpaired) electrons. The van der Waals surface area contributed by atoms with Gasteiger partial charge in [-0.25, -0.2) is 0 Å². The molecule has 1 saturated carbocycles. The Kier molecular flexibility index (Phi) is 7.29. The number of hydrogen-bond acceptors (Lipinski definition) is 2. The predicted octanol–water partition coefficient (Wildman–Crippen LogP) is 6.03. The molecule has 4 nitrogen and oxygen atoms in total. The van der Waals surface area contributed by atoms with Crippen LogP contribution in [-0.2, 0) is 11.2 Å². The van der Waals surface area contributed by atoms with Gasteiger partial charge in [-0.2, -0.15) is 0 Å². The number of aromatic nitrogens is 1. The van der Waals surface area contributed by atoms with Crippen LogP contribution in [0.4, 0.5) is 0 Å². The van der Waals surface area contributed by atoms with Gasteiger partial charge in [0, 0.05) is 35.6 Å². The minimum atomic E-state index is 0.165. The molecule has 1 aliphatic heterocycles. The van der Waals surface area contributed by atoms with Crippen molar-refractivity contribution < 1.29 is 4.79 Å². The molecule has 2 aromatic rings. The molecule has 2 aliphatic rings. The monoisotopic (exact) mass is 437 g/mol. The van der Waals surface area contributed by atoms with Crippen LogP contribution in [0, 0.1) is 23.7 Å². The van der Waals surface area contributed by atoms with Gasteiger partial charge in [0.25, 0.3) is 0 Å². The maximum Gasteiger partial charge on any atom is 0.226 e. The number of H-pyrrole nitrogens is 1. The first-order valence-corrected chi connectivity index (χ1v) is 12.9. The zero-order valence-corrected chi connectivity index (χ0v) is 20.9. The van der Waals surface area contributed by atoms with Gasteiger partial charge in [0.2, 0.25) is 5.91 Å². The molecule has 1 fully saturated rings. The Morgan fingerprint density at radius 2 is 1.84 bits per heavy atom. The van der Waals surface area contributed by atoms with Gasteiger partial charge in [0.1, 0.15) is 0 Å². The maximum atomic E-state index is 13.7. The largest absolute Gasteiger partial charge is 0.356 e. The fourth-order valence-electron chi connectivity index (χ4n) is 6.05. The van der Waals surface area contributed by atoms with Gasteiger partial charge < -0.3 is 14.8 Å². The van der Waals surface area contributed by atoms with E-state index in [1.807, 2.05) is 0 Å². The normalized spacial score (nSPS) is 24.0. The average Bonchev–Trinajstić information content (AvgIpc) is 3.15. The number of carbonyl (C=O) groups is 1. The van der Waals surface area contributed by atoms with Crippen molar-refractivity contribution >= 4 is 16.8 Å². The molecule has 1 aromatic carbocycles. The van der Waals surface area contributed by atoms with Gasteiger partial charge in [0.15, 0.2) is 0 Å². The zero-order chi connectivity index (χ0) is 22.8. The number of nitrogens with one attached hydrogen (secondary N) is 1. The third-order valence-electron chi connectivity index (χ3n) is 7.85. The van der Waals surface area contributed by atoms with Crippen molar-refractivity contribution in [3.63, 3.8) is 0 Å². The number of benzene rings is 1. The van der Waals surface area contributed by atoms with Gasteiger partial charge in [0.05, 0.1) is 6.04 Å². The minimum absolute atomic E-state index is 0.165. The lowest BCUT2D eigenvalue weighted by Gasteiger charge is -2.41. The Morgan fingerprint density at radius 3 is 2.53 bits per heavy atom. The molecule has 1 N–H and O–H groups in total. The number of carbonyl (C=O) groups excluding carboxylic acids is 1. The summed E-state index contributed by atoms with van der Waals surface area (Å²) in [5, 5.41) is 1.34. The number of nitrogens with zero attached hydrogens (tertiary/aromatic N) is 2. The Labute approximate surface area is 194 Å². The van der Waals surface area contributed by atoms with E-state index < -0.39 is 0 Å². The van der Waals surface area contributed by atoms with E-state index in [1.165, 1.54) is 54.5 Å². The molecule has 2 heterocycles. The maximum absolute atomic E-state index is 13.7. The van der Waals surface area contributed by atoms with E-state index in [0.717, 1.165) is 37.6 Å². The number of para-hydroxylation sites is 1. The lowest BCUT2D eigenvalue weighted by Crippen LogP contribution is -2.46. The van der Waals surface area contributed by atoms with Crippen molar-refractivity contribution in [2.45, 2.75) is 72.3 Å². The molecule has 32 heavy (non-hydrogen) atoms. The van der Waals surface area contributed by atoms with Crippen molar-refractivity contribution in [1.29, 1.82) is 0 Å². The summed E-state index contributed by atoms with van der Waals surface area (Å²) in [6, 6.07) is 8.77. The molecule has 0 spiro atoms. The summed E-state index contributed by atoms with van der Waals surface area (Å²) >= 11 is 0. The summed E-state index contributed by atoms with van der Waals surface area (Å²) in [7, 11) is 2.26. The van der Waals surface area contributed by atoms with Crippen LogP contribution in [0.2, 0.25) is 0 Å². The van der Waals surface area contributed by atoms with Crippen molar-refractivity contribution in [1.82, 2.24) is 14.8 Å². The summed E-state index contributed by atoms with van der Waals surface area (Å²) in [6.45, 7) is 12.3. The molecule has 4 heteroatoms. The van der Waals surface area contributed by atoms with Crippen molar-refractivity contribution in [2.75, 3.05) is 26.7 Å². The minimum Gasteiger partial charge on any atom is -0.356 e. The lowest BCUT2D eigenvalue weighted by atomic mass is 9.80. The Morgan fingerprint density at radius 1 is 1.12 bits per heavy atom. The van der Waals surface area contributed by atoms with Crippen molar-refractivity contribution in [3.05, 3.63) is 35.5 Å². The molecule has 176 valence electrons. The number of amides is 1. The number of rotatable bonds is 7. The summed E-state index contributed by atoms with van der Waals surface area (Å²) in [4.78, 5) is 22.1. The highest BCUT2D eigenvalue weighted by atomic mass is 16.2. The molecule has 0 saturated heterocycles. The average molecular weight is 438 g/mol. The van der Waals surface area contributed by atoms with Gasteiger partial charge in [-0.15, -0.1) is 0 Å². The topological polar surface area (TPSA) is 39.3 Å². The summed E-state index contributed by atoms with van der Waals surface area (Å²) in [5.41, 5.74) is 3.91. The van der Waals surface area contributed by atoms with Crippen LogP contribution in [0.15, 0.2) is 24.3 Å². The van der Waals surface area contributed by atoms with Gasteiger partial charge in [-0.1, -0.05) is 45.9 Å². The van der Waals surface area contributed by atoms with Gasteiger partial charge in [-0.3, -0.25) is 4.79 Å². The molecular weight excluding hydrogens is 394 g/mol. The molecule has 0 bridgehead atoms. The third kappa shape index (κ3) is 4.90. The van der Waals surface area contributed by atoms with Crippen molar-refractivity contribution in [3.8, 4) is 0 Å². The summed E-state index contributed by atoms with van der Waals surface area (Å²) in [6.07, 6.45) is 6.74. The first kappa shape index (κ1) is 23.4. The Balaban J connectivity index is 1.40. The van der Waals surface area contributed by atoms with E-state index in [2.05, 4.69) is 73.8 Å². The van der Waals surface area contributed by atoms with Crippen LogP contribution in [-0.4, -0.2) is 47.4 Å². The van der Waals surface area contributed by atoms with Crippen LogP contribution in [0.5, 0.6) is 0 Å². The van der Waals surface area contributed by atoms with E-state index in [4.69, 9.17) is 0 Å². The van der Waals surface area contributed by atoms with E-state index in [0.29, 0.717) is 11.8 Å². The Hall–Kier alpha value is -1.81. The number of aromatic amines is 1. The highest BCUT2D eigenvalue weighted by Gasteiger charge is 2.38.